The molecule has 0 aliphatic rings. The molecule has 0 fully saturated rings. The highest BCUT2D eigenvalue weighted by molar-refractivity contribution is 7.47. The molecule has 0 aliphatic carbocycles. The van der Waals surface area contributed by atoms with Crippen LogP contribution in [-0.2, 0) is 65.4 Å². The Balaban J connectivity index is 5.18. The van der Waals surface area contributed by atoms with Crippen molar-refractivity contribution < 1.29 is 80.2 Å². The zero-order valence-corrected chi connectivity index (χ0v) is 70.7. The highest BCUT2D eigenvalue weighted by Crippen LogP contribution is 2.45. The lowest BCUT2D eigenvalue weighted by Crippen LogP contribution is -2.30. The van der Waals surface area contributed by atoms with E-state index < -0.39 is 97.5 Å². The average Bonchev–Trinajstić information content (AvgIpc) is 0.909. The molecule has 0 saturated carbocycles. The summed E-state index contributed by atoms with van der Waals surface area (Å²) in [7, 11) is -9.92. The topological polar surface area (TPSA) is 237 Å². The third-order valence-electron chi connectivity index (χ3n) is 20.3. The second kappa shape index (κ2) is 78.7. The molecule has 0 aliphatic heterocycles. The van der Waals surface area contributed by atoms with Gasteiger partial charge in [-0.2, -0.15) is 0 Å². The molecule has 3 N–H and O–H groups in total. The average molecular weight is 1540 g/mol. The first-order valence-corrected chi connectivity index (χ1v) is 47.6. The van der Waals surface area contributed by atoms with Crippen molar-refractivity contribution in [3.63, 3.8) is 0 Å². The Labute approximate surface area is 645 Å². The van der Waals surface area contributed by atoms with Crippen molar-refractivity contribution in [3.05, 3.63) is 0 Å². The van der Waals surface area contributed by atoms with Crippen molar-refractivity contribution in [3.8, 4) is 0 Å². The van der Waals surface area contributed by atoms with Crippen molar-refractivity contribution in [1.29, 1.82) is 0 Å². The number of aliphatic hydroxyl groups excluding tert-OH is 1. The van der Waals surface area contributed by atoms with Gasteiger partial charge < -0.3 is 33.8 Å². The molecule has 0 bridgehead atoms. The quantitative estimate of drug-likeness (QED) is 0.0222. The SMILES string of the molecule is CCCCCCCCCCCCCCCCCCCCCCCC(=O)O[C@H](COC(=O)CCCCCCCCCCCCCCCCCCC(C)C)COP(=O)(O)OC[C@@H](O)COP(=O)(O)OC[C@@H](COC(=O)CCCCCCCCCC)OC(=O)CCCCCCCCCCCCCCCCCCC. The monoisotopic (exact) mass is 1540 g/mol. The van der Waals surface area contributed by atoms with Gasteiger partial charge in [-0.25, -0.2) is 9.13 Å². The molecule has 19 heteroatoms. The largest absolute Gasteiger partial charge is 0.472 e. The molecule has 0 saturated heterocycles. The van der Waals surface area contributed by atoms with Crippen LogP contribution in [0.25, 0.3) is 0 Å². The van der Waals surface area contributed by atoms with Crippen LogP contribution in [0.2, 0.25) is 0 Å². The van der Waals surface area contributed by atoms with Gasteiger partial charge in [0.25, 0.3) is 0 Å². The van der Waals surface area contributed by atoms with Crippen molar-refractivity contribution >= 4 is 39.5 Å². The standard InChI is InChI=1S/C86H168O17P2/c1-6-9-12-15-18-21-23-25-27-29-30-31-32-34-40-44-48-52-57-62-67-72-86(91)103-82(76-97-84(89)70-65-60-55-50-46-42-38-36-35-37-41-45-49-53-58-63-68-79(4)5)78-101-105(94,95)99-74-80(87)73-98-104(92,93)100-77-81(75-96-83(88)69-64-59-54-20-17-14-11-8-3)102-85(90)71-66-61-56-51-47-43-39-33-28-26-24-22-19-16-13-10-7-2/h79-82,87H,6-78H2,1-5H3,(H,92,93)(H,94,95)/t80-,81+,82+/m0/s1. The van der Waals surface area contributed by atoms with E-state index in [2.05, 4.69) is 34.6 Å². The Bertz CT molecular complexity index is 2000. The summed E-state index contributed by atoms with van der Waals surface area (Å²) in [5, 5.41) is 10.7. The number of carbonyl (C=O) groups excluding carboxylic acids is 4. The fraction of sp³-hybridized carbons (Fsp3) is 0.953. The minimum Gasteiger partial charge on any atom is -0.462 e. The number of esters is 4. The summed E-state index contributed by atoms with van der Waals surface area (Å²) in [6.07, 6.45) is 72.4. The van der Waals surface area contributed by atoms with E-state index in [1.807, 2.05) is 0 Å². The molecule has 0 aromatic rings. The van der Waals surface area contributed by atoms with Gasteiger partial charge in [0.1, 0.15) is 19.3 Å². The first kappa shape index (κ1) is 103. The number of rotatable bonds is 86. The maximum atomic E-state index is 13.1. The number of aliphatic hydroxyl groups is 1. The smallest absolute Gasteiger partial charge is 0.462 e. The van der Waals surface area contributed by atoms with E-state index in [4.69, 9.17) is 37.0 Å². The predicted molar refractivity (Wildman–Crippen MR) is 432 cm³/mol. The number of phosphoric ester groups is 2. The highest BCUT2D eigenvalue weighted by atomic mass is 31.2. The number of carbonyl (C=O) groups is 4. The molecular formula is C86H168O17P2. The second-order valence-electron chi connectivity index (χ2n) is 31.4. The number of hydrogen-bond acceptors (Lipinski definition) is 15. The molecule has 5 atom stereocenters. The molecule has 0 spiro atoms. The first-order valence-electron chi connectivity index (χ1n) is 44.6. The van der Waals surface area contributed by atoms with Gasteiger partial charge in [0.2, 0.25) is 0 Å². The summed E-state index contributed by atoms with van der Waals surface area (Å²) in [5.41, 5.74) is 0. The van der Waals surface area contributed by atoms with Crippen LogP contribution < -0.4 is 0 Å². The van der Waals surface area contributed by atoms with Crippen LogP contribution in [0, 0.1) is 5.92 Å². The van der Waals surface area contributed by atoms with Gasteiger partial charge in [-0.15, -0.1) is 0 Å². The van der Waals surface area contributed by atoms with E-state index >= 15 is 0 Å². The van der Waals surface area contributed by atoms with Crippen molar-refractivity contribution in [2.75, 3.05) is 39.6 Å². The zero-order valence-electron chi connectivity index (χ0n) is 68.9. The van der Waals surface area contributed by atoms with Crippen LogP contribution in [-0.4, -0.2) is 96.7 Å². The van der Waals surface area contributed by atoms with Crippen LogP contribution in [0.5, 0.6) is 0 Å². The number of ether oxygens (including phenoxy) is 4. The van der Waals surface area contributed by atoms with Gasteiger partial charge in [0, 0.05) is 25.7 Å². The van der Waals surface area contributed by atoms with Crippen LogP contribution in [0.3, 0.4) is 0 Å². The maximum absolute atomic E-state index is 13.1. The Morgan fingerprint density at radius 2 is 0.438 bits per heavy atom. The van der Waals surface area contributed by atoms with Gasteiger partial charge in [0.05, 0.1) is 26.4 Å². The summed E-state index contributed by atoms with van der Waals surface area (Å²) in [6, 6.07) is 0. The van der Waals surface area contributed by atoms with E-state index in [-0.39, 0.29) is 25.7 Å². The Morgan fingerprint density at radius 3 is 0.648 bits per heavy atom. The number of phosphoric acid groups is 2. The van der Waals surface area contributed by atoms with E-state index in [1.54, 1.807) is 0 Å². The minimum atomic E-state index is -4.96. The van der Waals surface area contributed by atoms with Crippen molar-refractivity contribution in [1.82, 2.24) is 0 Å². The van der Waals surface area contributed by atoms with Crippen LogP contribution >= 0.6 is 15.6 Å². The summed E-state index contributed by atoms with van der Waals surface area (Å²) in [5.74, 6) is -1.29. The van der Waals surface area contributed by atoms with Gasteiger partial charge >= 0.3 is 39.5 Å². The van der Waals surface area contributed by atoms with E-state index in [0.29, 0.717) is 25.7 Å². The molecule has 0 amide bonds. The summed E-state index contributed by atoms with van der Waals surface area (Å²) in [6.45, 7) is 7.37. The van der Waals surface area contributed by atoms with E-state index in [1.165, 1.54) is 289 Å². The van der Waals surface area contributed by atoms with Gasteiger partial charge in [-0.3, -0.25) is 37.3 Å². The Morgan fingerprint density at radius 1 is 0.257 bits per heavy atom. The van der Waals surface area contributed by atoms with E-state index in [9.17, 15) is 43.2 Å². The predicted octanol–water partition coefficient (Wildman–Crippen LogP) is 26.4. The molecule has 624 valence electrons. The molecule has 17 nitrogen and oxygen atoms in total. The molecule has 0 rings (SSSR count). The third-order valence-corrected chi connectivity index (χ3v) is 22.2. The van der Waals surface area contributed by atoms with Gasteiger partial charge in [-0.05, 0) is 31.6 Å². The number of hydrogen-bond donors (Lipinski definition) is 3. The lowest BCUT2D eigenvalue weighted by molar-refractivity contribution is -0.161. The molecule has 0 aromatic carbocycles. The molecule has 0 aromatic heterocycles. The Hall–Kier alpha value is -1.94. The summed E-state index contributed by atoms with van der Waals surface area (Å²) >= 11 is 0. The summed E-state index contributed by atoms with van der Waals surface area (Å²) < 4.78 is 68.8. The van der Waals surface area contributed by atoms with Gasteiger partial charge in [0.15, 0.2) is 12.2 Å². The van der Waals surface area contributed by atoms with Crippen LogP contribution in [0.4, 0.5) is 0 Å². The van der Waals surface area contributed by atoms with Crippen molar-refractivity contribution in [2.45, 2.75) is 483 Å². The fourth-order valence-corrected chi connectivity index (χ4v) is 15.1. The third kappa shape index (κ3) is 79.9. The lowest BCUT2D eigenvalue weighted by Gasteiger charge is -2.21. The minimum absolute atomic E-state index is 0.109. The van der Waals surface area contributed by atoms with Crippen molar-refractivity contribution in [2.24, 2.45) is 5.92 Å². The summed E-state index contributed by atoms with van der Waals surface area (Å²) in [4.78, 5) is 73.1. The first-order chi connectivity index (χ1) is 51.0. The fourth-order valence-electron chi connectivity index (χ4n) is 13.5. The number of unbranched alkanes of at least 4 members (excludes halogenated alkanes) is 58. The molecule has 105 heavy (non-hydrogen) atoms. The second-order valence-corrected chi connectivity index (χ2v) is 34.3. The molecule has 0 radical (unpaired) electrons. The molecule has 2 unspecified atom stereocenters. The Kier molecular flexibility index (Phi) is 77.3. The molecule has 0 heterocycles. The van der Waals surface area contributed by atoms with E-state index in [0.717, 1.165) is 95.8 Å². The van der Waals surface area contributed by atoms with Crippen LogP contribution in [0.15, 0.2) is 0 Å². The normalized spacial score (nSPS) is 13.8. The highest BCUT2D eigenvalue weighted by Gasteiger charge is 2.30. The lowest BCUT2D eigenvalue weighted by atomic mass is 10.0. The van der Waals surface area contributed by atoms with Crippen LogP contribution in [0.1, 0.15) is 465 Å². The van der Waals surface area contributed by atoms with Gasteiger partial charge in [-0.1, -0.05) is 413 Å². The maximum Gasteiger partial charge on any atom is 0.472 e. The molecular weight excluding hydrogens is 1370 g/mol. The zero-order chi connectivity index (χ0) is 76.9.